The maximum absolute atomic E-state index is 9.07. The van der Waals surface area contributed by atoms with Crippen molar-refractivity contribution in [3.05, 3.63) is 0 Å². The topological polar surface area (TPSA) is 45.0 Å². The molecule has 0 amide bonds. The second kappa shape index (κ2) is 10.6. The van der Waals surface area contributed by atoms with Gasteiger partial charge in [0.1, 0.15) is 5.54 Å². The molecule has 1 unspecified atom stereocenters. The Hall–Kier alpha value is -0.590. The SMILES string of the molecule is CCCCCOCCCCC(C)(C#N)NCC. The molecule has 0 aliphatic heterocycles. The lowest BCUT2D eigenvalue weighted by Crippen LogP contribution is -2.40. The summed E-state index contributed by atoms with van der Waals surface area (Å²) >= 11 is 0. The van der Waals surface area contributed by atoms with Gasteiger partial charge in [0.05, 0.1) is 6.07 Å². The highest BCUT2D eigenvalue weighted by Crippen LogP contribution is 2.12. The molecule has 0 rings (SSSR count). The van der Waals surface area contributed by atoms with E-state index in [4.69, 9.17) is 10.00 Å². The van der Waals surface area contributed by atoms with Crippen molar-refractivity contribution in [3.8, 4) is 6.07 Å². The Morgan fingerprint density at radius 2 is 1.76 bits per heavy atom. The van der Waals surface area contributed by atoms with Crippen molar-refractivity contribution >= 4 is 0 Å². The number of nitrogens with zero attached hydrogens (tertiary/aromatic N) is 1. The largest absolute Gasteiger partial charge is 0.381 e. The number of nitrogens with one attached hydrogen (secondary N) is 1. The number of hydrogen-bond acceptors (Lipinski definition) is 3. The van der Waals surface area contributed by atoms with Gasteiger partial charge in [-0.1, -0.05) is 26.7 Å². The van der Waals surface area contributed by atoms with Gasteiger partial charge < -0.3 is 4.74 Å². The molecule has 0 bridgehead atoms. The minimum atomic E-state index is -0.364. The molecular weight excluding hydrogens is 212 g/mol. The summed E-state index contributed by atoms with van der Waals surface area (Å²) in [5.74, 6) is 0. The molecule has 100 valence electrons. The Balaban J connectivity index is 3.41. The van der Waals surface area contributed by atoms with Crippen LogP contribution in [-0.2, 0) is 4.74 Å². The van der Waals surface area contributed by atoms with E-state index in [1.807, 2.05) is 13.8 Å². The standard InChI is InChI=1S/C14H28N2O/c1-4-6-8-11-17-12-9-7-10-14(3,13-15)16-5-2/h16H,4-12H2,1-3H3. The molecule has 0 aliphatic carbocycles. The van der Waals surface area contributed by atoms with E-state index in [0.29, 0.717) is 0 Å². The van der Waals surface area contributed by atoms with Crippen LogP contribution in [-0.4, -0.2) is 25.3 Å². The van der Waals surface area contributed by atoms with E-state index in [1.54, 1.807) is 0 Å². The van der Waals surface area contributed by atoms with Crippen LogP contribution in [0.5, 0.6) is 0 Å². The Labute approximate surface area is 107 Å². The lowest BCUT2D eigenvalue weighted by Gasteiger charge is -2.22. The second-order valence-corrected chi connectivity index (χ2v) is 4.75. The van der Waals surface area contributed by atoms with E-state index in [0.717, 1.165) is 39.0 Å². The molecule has 0 radical (unpaired) electrons. The van der Waals surface area contributed by atoms with E-state index in [1.165, 1.54) is 19.3 Å². The summed E-state index contributed by atoms with van der Waals surface area (Å²) < 4.78 is 5.54. The third-order valence-electron chi connectivity index (χ3n) is 2.92. The van der Waals surface area contributed by atoms with Gasteiger partial charge in [-0.25, -0.2) is 0 Å². The van der Waals surface area contributed by atoms with Gasteiger partial charge in [-0.15, -0.1) is 0 Å². The van der Waals surface area contributed by atoms with Crippen molar-refractivity contribution in [1.82, 2.24) is 5.32 Å². The summed E-state index contributed by atoms with van der Waals surface area (Å²) in [5, 5.41) is 12.3. The molecule has 0 saturated carbocycles. The van der Waals surface area contributed by atoms with E-state index >= 15 is 0 Å². The maximum atomic E-state index is 9.07. The third-order valence-corrected chi connectivity index (χ3v) is 2.92. The van der Waals surface area contributed by atoms with Crippen molar-refractivity contribution < 1.29 is 4.74 Å². The minimum absolute atomic E-state index is 0.364. The van der Waals surface area contributed by atoms with Crippen molar-refractivity contribution in [3.63, 3.8) is 0 Å². The monoisotopic (exact) mass is 240 g/mol. The van der Waals surface area contributed by atoms with Crippen molar-refractivity contribution in [2.24, 2.45) is 0 Å². The highest BCUT2D eigenvalue weighted by atomic mass is 16.5. The summed E-state index contributed by atoms with van der Waals surface area (Å²) in [6, 6.07) is 2.35. The van der Waals surface area contributed by atoms with Crippen LogP contribution < -0.4 is 5.32 Å². The van der Waals surface area contributed by atoms with Crippen LogP contribution in [0.15, 0.2) is 0 Å². The molecule has 17 heavy (non-hydrogen) atoms. The fraction of sp³-hybridized carbons (Fsp3) is 0.929. The average Bonchev–Trinajstić information content (AvgIpc) is 2.33. The van der Waals surface area contributed by atoms with Gasteiger partial charge in [-0.05, 0) is 39.2 Å². The van der Waals surface area contributed by atoms with Crippen molar-refractivity contribution in [1.29, 1.82) is 5.26 Å². The fourth-order valence-corrected chi connectivity index (χ4v) is 1.81. The molecule has 0 aliphatic rings. The highest BCUT2D eigenvalue weighted by Gasteiger charge is 2.20. The predicted octanol–water partition coefficient (Wildman–Crippen LogP) is 3.26. The van der Waals surface area contributed by atoms with Gasteiger partial charge in [0.2, 0.25) is 0 Å². The number of hydrogen-bond donors (Lipinski definition) is 1. The Morgan fingerprint density at radius 1 is 1.12 bits per heavy atom. The summed E-state index contributed by atoms with van der Waals surface area (Å²) in [6.07, 6.45) is 6.67. The van der Waals surface area contributed by atoms with Crippen LogP contribution in [0.25, 0.3) is 0 Å². The number of ether oxygens (including phenoxy) is 1. The molecule has 0 aromatic rings. The Morgan fingerprint density at radius 3 is 2.29 bits per heavy atom. The number of unbranched alkanes of at least 4 members (excludes halogenated alkanes) is 3. The molecule has 3 nitrogen and oxygen atoms in total. The fourth-order valence-electron chi connectivity index (χ4n) is 1.81. The number of nitriles is 1. The molecule has 0 heterocycles. The zero-order chi connectivity index (χ0) is 13.0. The summed E-state index contributed by atoms with van der Waals surface area (Å²) in [7, 11) is 0. The van der Waals surface area contributed by atoms with Crippen LogP contribution in [0.2, 0.25) is 0 Å². The van der Waals surface area contributed by atoms with Gasteiger partial charge in [0.15, 0.2) is 0 Å². The molecule has 0 saturated heterocycles. The van der Waals surface area contributed by atoms with Crippen LogP contribution in [0.1, 0.15) is 59.3 Å². The third kappa shape index (κ3) is 9.14. The van der Waals surface area contributed by atoms with Crippen LogP contribution in [0.3, 0.4) is 0 Å². The van der Waals surface area contributed by atoms with Crippen LogP contribution in [0.4, 0.5) is 0 Å². The van der Waals surface area contributed by atoms with Crippen molar-refractivity contribution in [2.75, 3.05) is 19.8 Å². The van der Waals surface area contributed by atoms with Crippen LogP contribution >= 0.6 is 0 Å². The Bertz CT molecular complexity index is 213. The molecule has 1 atom stereocenters. The lowest BCUT2D eigenvalue weighted by molar-refractivity contribution is 0.125. The summed E-state index contributed by atoms with van der Waals surface area (Å²) in [4.78, 5) is 0. The first-order valence-corrected chi connectivity index (χ1v) is 6.92. The summed E-state index contributed by atoms with van der Waals surface area (Å²) in [6.45, 7) is 8.76. The molecule has 0 spiro atoms. The van der Waals surface area contributed by atoms with E-state index in [9.17, 15) is 0 Å². The molecule has 0 aromatic carbocycles. The first-order chi connectivity index (χ1) is 8.18. The van der Waals surface area contributed by atoms with Gasteiger partial charge >= 0.3 is 0 Å². The summed E-state index contributed by atoms with van der Waals surface area (Å²) in [5.41, 5.74) is -0.364. The minimum Gasteiger partial charge on any atom is -0.381 e. The molecule has 0 fully saturated rings. The molecule has 0 aromatic heterocycles. The smallest absolute Gasteiger partial charge is 0.103 e. The first kappa shape index (κ1) is 16.4. The van der Waals surface area contributed by atoms with E-state index < -0.39 is 0 Å². The van der Waals surface area contributed by atoms with Gasteiger partial charge in [-0.2, -0.15) is 5.26 Å². The normalized spacial score (nSPS) is 14.2. The predicted molar refractivity (Wildman–Crippen MR) is 71.9 cm³/mol. The zero-order valence-corrected chi connectivity index (χ0v) is 11.7. The first-order valence-electron chi connectivity index (χ1n) is 6.92. The van der Waals surface area contributed by atoms with Gasteiger partial charge in [0, 0.05) is 13.2 Å². The quantitative estimate of drug-likeness (QED) is 0.564. The number of rotatable bonds is 11. The van der Waals surface area contributed by atoms with E-state index in [2.05, 4.69) is 18.3 Å². The van der Waals surface area contributed by atoms with Gasteiger partial charge in [0.25, 0.3) is 0 Å². The van der Waals surface area contributed by atoms with E-state index in [-0.39, 0.29) is 5.54 Å². The van der Waals surface area contributed by atoms with Gasteiger partial charge in [-0.3, -0.25) is 5.32 Å². The van der Waals surface area contributed by atoms with Crippen molar-refractivity contribution in [2.45, 2.75) is 64.8 Å². The molecule has 1 N–H and O–H groups in total. The zero-order valence-electron chi connectivity index (χ0n) is 11.7. The maximum Gasteiger partial charge on any atom is 0.103 e. The molecule has 3 heteroatoms. The average molecular weight is 240 g/mol. The van der Waals surface area contributed by atoms with Crippen LogP contribution in [0, 0.1) is 11.3 Å². The second-order valence-electron chi connectivity index (χ2n) is 4.75. The lowest BCUT2D eigenvalue weighted by atomic mass is 9.97. The highest BCUT2D eigenvalue weighted by molar-refractivity contribution is 5.03. The Kier molecular flexibility index (Phi) is 10.2. The molecular formula is C14H28N2O.